The van der Waals surface area contributed by atoms with Gasteiger partial charge in [0.05, 0.1) is 5.02 Å². The smallest absolute Gasteiger partial charge is 0.262 e. The third kappa shape index (κ3) is 3.99. The highest BCUT2D eigenvalue weighted by Crippen LogP contribution is 2.34. The van der Waals surface area contributed by atoms with Crippen molar-refractivity contribution in [2.24, 2.45) is 0 Å². The fourth-order valence-corrected chi connectivity index (χ4v) is 2.98. The van der Waals surface area contributed by atoms with E-state index in [1.54, 1.807) is 24.3 Å². The molecule has 4 rings (SSSR count). The number of nitrogens with one attached hydrogen (secondary N) is 1. The maximum atomic E-state index is 12.1. The first-order chi connectivity index (χ1) is 13.2. The Morgan fingerprint density at radius 1 is 0.963 bits per heavy atom. The van der Waals surface area contributed by atoms with Crippen molar-refractivity contribution in [1.82, 2.24) is 0 Å². The summed E-state index contributed by atoms with van der Waals surface area (Å²) in [4.78, 5) is 12.1. The summed E-state index contributed by atoms with van der Waals surface area (Å²) in [6.07, 6.45) is 0. The zero-order valence-electron chi connectivity index (χ0n) is 14.3. The lowest BCUT2D eigenvalue weighted by Crippen LogP contribution is -2.20. The largest absolute Gasteiger partial charge is 0.482 e. The van der Waals surface area contributed by atoms with Gasteiger partial charge in [-0.2, -0.15) is 0 Å². The molecule has 3 aromatic rings. The number of benzene rings is 3. The minimum atomic E-state index is -0.294. The van der Waals surface area contributed by atoms with Crippen LogP contribution >= 0.6 is 11.6 Å². The monoisotopic (exact) mass is 381 g/mol. The molecule has 3 aromatic carbocycles. The third-order valence-electron chi connectivity index (χ3n) is 4.05. The average Bonchev–Trinajstić information content (AvgIpc) is 3.15. The van der Waals surface area contributed by atoms with Crippen molar-refractivity contribution in [2.45, 2.75) is 0 Å². The number of carbonyl (C=O) groups is 1. The third-order valence-corrected chi connectivity index (χ3v) is 4.35. The van der Waals surface area contributed by atoms with Crippen LogP contribution in [0.3, 0.4) is 0 Å². The molecule has 0 fully saturated rings. The molecule has 1 heterocycles. The molecule has 1 aliphatic heterocycles. The predicted octanol–water partition coefficient (Wildman–Crippen LogP) is 4.75. The molecule has 1 N–H and O–H groups in total. The van der Waals surface area contributed by atoms with Gasteiger partial charge in [0.15, 0.2) is 18.1 Å². The molecule has 0 atom stereocenters. The summed E-state index contributed by atoms with van der Waals surface area (Å²) in [6, 6.07) is 20.6. The number of halogens is 1. The van der Waals surface area contributed by atoms with Crippen LogP contribution in [0.5, 0.6) is 17.2 Å². The standard InChI is InChI=1S/C21H16ClNO4/c22-17-10-15(14-4-2-1-3-5-14)6-8-18(17)25-12-21(24)23-16-7-9-19-20(11-16)27-13-26-19/h1-11H,12-13H2,(H,23,24). The maximum absolute atomic E-state index is 12.1. The van der Waals surface area contributed by atoms with Gasteiger partial charge in [0, 0.05) is 11.8 Å². The van der Waals surface area contributed by atoms with Crippen LogP contribution in [-0.4, -0.2) is 19.3 Å². The Labute approximate surface area is 161 Å². The molecule has 5 nitrogen and oxygen atoms in total. The summed E-state index contributed by atoms with van der Waals surface area (Å²) < 4.78 is 16.1. The predicted molar refractivity (Wildman–Crippen MR) is 104 cm³/mol. The van der Waals surface area contributed by atoms with E-state index in [4.69, 9.17) is 25.8 Å². The summed E-state index contributed by atoms with van der Waals surface area (Å²) in [5, 5.41) is 3.21. The molecule has 0 radical (unpaired) electrons. The molecule has 0 aliphatic carbocycles. The minimum Gasteiger partial charge on any atom is -0.482 e. The highest BCUT2D eigenvalue weighted by atomic mass is 35.5. The van der Waals surface area contributed by atoms with Gasteiger partial charge in [0.25, 0.3) is 5.91 Å². The van der Waals surface area contributed by atoms with Crippen LogP contribution in [0.1, 0.15) is 0 Å². The van der Waals surface area contributed by atoms with E-state index in [9.17, 15) is 4.79 Å². The first kappa shape index (κ1) is 17.2. The van der Waals surface area contributed by atoms with E-state index in [1.807, 2.05) is 42.5 Å². The molecule has 0 aromatic heterocycles. The van der Waals surface area contributed by atoms with E-state index in [0.29, 0.717) is 28.0 Å². The summed E-state index contributed by atoms with van der Waals surface area (Å²) >= 11 is 6.30. The molecule has 0 unspecified atom stereocenters. The van der Waals surface area contributed by atoms with Crippen molar-refractivity contribution in [2.75, 3.05) is 18.7 Å². The van der Waals surface area contributed by atoms with Gasteiger partial charge in [0.2, 0.25) is 6.79 Å². The van der Waals surface area contributed by atoms with Gasteiger partial charge in [-0.3, -0.25) is 4.79 Å². The number of anilines is 1. The number of hydrogen-bond donors (Lipinski definition) is 1. The number of rotatable bonds is 5. The molecule has 0 saturated heterocycles. The quantitative estimate of drug-likeness (QED) is 0.692. The van der Waals surface area contributed by atoms with Gasteiger partial charge in [0.1, 0.15) is 5.75 Å². The van der Waals surface area contributed by atoms with Crippen molar-refractivity contribution >= 4 is 23.2 Å². The van der Waals surface area contributed by atoms with Gasteiger partial charge in [-0.15, -0.1) is 0 Å². The van der Waals surface area contributed by atoms with E-state index in [2.05, 4.69) is 5.32 Å². The Kier molecular flexibility index (Phi) is 4.85. The highest BCUT2D eigenvalue weighted by Gasteiger charge is 2.14. The lowest BCUT2D eigenvalue weighted by Gasteiger charge is -2.10. The van der Waals surface area contributed by atoms with Gasteiger partial charge in [-0.05, 0) is 35.4 Å². The van der Waals surface area contributed by atoms with Crippen LogP contribution in [-0.2, 0) is 4.79 Å². The van der Waals surface area contributed by atoms with Gasteiger partial charge in [-0.1, -0.05) is 48.0 Å². The number of amides is 1. The van der Waals surface area contributed by atoms with Crippen LogP contribution in [0.2, 0.25) is 5.02 Å². The summed E-state index contributed by atoms with van der Waals surface area (Å²) in [7, 11) is 0. The molecule has 27 heavy (non-hydrogen) atoms. The average molecular weight is 382 g/mol. The normalized spacial score (nSPS) is 11.9. The Morgan fingerprint density at radius 2 is 1.78 bits per heavy atom. The minimum absolute atomic E-state index is 0.154. The second-order valence-electron chi connectivity index (χ2n) is 5.92. The number of fused-ring (bicyclic) bond motifs is 1. The Morgan fingerprint density at radius 3 is 2.59 bits per heavy atom. The molecule has 1 amide bonds. The summed E-state index contributed by atoms with van der Waals surface area (Å²) in [5.41, 5.74) is 2.66. The molecule has 136 valence electrons. The number of carbonyl (C=O) groups excluding carboxylic acids is 1. The van der Waals surface area contributed by atoms with Crippen LogP contribution < -0.4 is 19.5 Å². The van der Waals surface area contributed by atoms with Crippen LogP contribution in [0.25, 0.3) is 11.1 Å². The maximum Gasteiger partial charge on any atom is 0.262 e. The van der Waals surface area contributed by atoms with E-state index in [0.717, 1.165) is 11.1 Å². The van der Waals surface area contributed by atoms with Crippen molar-refractivity contribution in [3.05, 3.63) is 71.8 Å². The first-order valence-electron chi connectivity index (χ1n) is 8.36. The lowest BCUT2D eigenvalue weighted by molar-refractivity contribution is -0.118. The van der Waals surface area contributed by atoms with Crippen LogP contribution in [0.15, 0.2) is 66.7 Å². The van der Waals surface area contributed by atoms with E-state index >= 15 is 0 Å². The van der Waals surface area contributed by atoms with E-state index < -0.39 is 0 Å². The number of ether oxygens (including phenoxy) is 3. The second-order valence-corrected chi connectivity index (χ2v) is 6.32. The number of hydrogen-bond acceptors (Lipinski definition) is 4. The van der Waals surface area contributed by atoms with Crippen molar-refractivity contribution in [1.29, 1.82) is 0 Å². The highest BCUT2D eigenvalue weighted by molar-refractivity contribution is 6.32. The van der Waals surface area contributed by atoms with E-state index in [-0.39, 0.29) is 19.3 Å². The van der Waals surface area contributed by atoms with Gasteiger partial charge >= 0.3 is 0 Å². The van der Waals surface area contributed by atoms with Gasteiger partial charge in [-0.25, -0.2) is 0 Å². The molecular formula is C21H16ClNO4. The zero-order chi connectivity index (χ0) is 18.6. The molecular weight excluding hydrogens is 366 g/mol. The van der Waals surface area contributed by atoms with Crippen LogP contribution in [0, 0.1) is 0 Å². The fraction of sp³-hybridized carbons (Fsp3) is 0.0952. The Hall–Kier alpha value is -3.18. The fourth-order valence-electron chi connectivity index (χ4n) is 2.74. The molecule has 0 bridgehead atoms. The summed E-state index contributed by atoms with van der Waals surface area (Å²) in [6.45, 7) is 0.0339. The van der Waals surface area contributed by atoms with E-state index in [1.165, 1.54) is 0 Å². The lowest BCUT2D eigenvalue weighted by atomic mass is 10.1. The molecule has 1 aliphatic rings. The van der Waals surface area contributed by atoms with Gasteiger partial charge < -0.3 is 19.5 Å². The Balaban J connectivity index is 1.37. The summed E-state index contributed by atoms with van der Waals surface area (Å²) in [5.74, 6) is 1.43. The van der Waals surface area contributed by atoms with Crippen molar-refractivity contribution < 1.29 is 19.0 Å². The Bertz CT molecular complexity index is 975. The first-order valence-corrected chi connectivity index (χ1v) is 8.74. The molecule has 0 saturated carbocycles. The van der Waals surface area contributed by atoms with Crippen molar-refractivity contribution in [3.63, 3.8) is 0 Å². The molecule has 0 spiro atoms. The topological polar surface area (TPSA) is 56.8 Å². The zero-order valence-corrected chi connectivity index (χ0v) is 15.0. The van der Waals surface area contributed by atoms with Crippen molar-refractivity contribution in [3.8, 4) is 28.4 Å². The molecule has 6 heteroatoms. The second kappa shape index (κ2) is 7.60. The van der Waals surface area contributed by atoms with Crippen LogP contribution in [0.4, 0.5) is 5.69 Å². The SMILES string of the molecule is O=C(COc1ccc(-c2ccccc2)cc1Cl)Nc1ccc2c(c1)OCO2.